The monoisotopic (exact) mass is 389 g/mol. The van der Waals surface area contributed by atoms with Gasteiger partial charge in [0, 0.05) is 19.7 Å². The van der Waals surface area contributed by atoms with E-state index < -0.39 is 0 Å². The Balaban J connectivity index is 1.35. The van der Waals surface area contributed by atoms with Gasteiger partial charge in [0.15, 0.2) is 0 Å². The average molecular weight is 390 g/mol. The molecule has 2 aliphatic rings. The summed E-state index contributed by atoms with van der Waals surface area (Å²) >= 11 is 0. The summed E-state index contributed by atoms with van der Waals surface area (Å²) in [6.45, 7) is 18.8. The Morgan fingerprint density at radius 3 is 2.22 bits per heavy atom. The molecule has 0 aromatic carbocycles. The van der Waals surface area contributed by atoms with Crippen LogP contribution in [0.3, 0.4) is 0 Å². The maximum absolute atomic E-state index is 5.77. The highest BCUT2D eigenvalue weighted by Crippen LogP contribution is 2.10. The normalized spacial score (nSPS) is 23.6. The van der Waals surface area contributed by atoms with Crippen LogP contribution in [0.25, 0.3) is 0 Å². The van der Waals surface area contributed by atoms with Crippen molar-refractivity contribution >= 4 is 0 Å². The molecule has 0 bridgehead atoms. The minimum Gasteiger partial charge on any atom is -0.379 e. The fourth-order valence-corrected chi connectivity index (χ4v) is 3.69. The molecule has 7 nitrogen and oxygen atoms in total. The van der Waals surface area contributed by atoms with Crippen LogP contribution in [-0.2, 0) is 23.7 Å². The molecule has 7 heteroatoms. The second-order valence-corrected chi connectivity index (χ2v) is 7.45. The minimum atomic E-state index is 0.313. The number of morpholine rings is 2. The third kappa shape index (κ3) is 9.17. The van der Waals surface area contributed by atoms with Gasteiger partial charge in [-0.15, -0.1) is 0 Å². The third-order valence-corrected chi connectivity index (χ3v) is 5.80. The fraction of sp³-hybridized carbons (Fsp3) is 1.00. The molecular formula is C20H41N2O5+. The molecule has 27 heavy (non-hydrogen) atoms. The van der Waals surface area contributed by atoms with Gasteiger partial charge >= 0.3 is 0 Å². The highest BCUT2D eigenvalue weighted by molar-refractivity contribution is 4.70. The molecule has 0 spiro atoms. The van der Waals surface area contributed by atoms with Crippen LogP contribution in [0, 0.1) is 0 Å². The van der Waals surface area contributed by atoms with E-state index >= 15 is 0 Å². The molecule has 0 saturated carbocycles. The van der Waals surface area contributed by atoms with Gasteiger partial charge in [0.05, 0.1) is 65.5 Å². The topological polar surface area (TPSA) is 49.4 Å². The lowest BCUT2D eigenvalue weighted by atomic mass is 10.2. The molecular weight excluding hydrogens is 348 g/mol. The van der Waals surface area contributed by atoms with Crippen LogP contribution >= 0.6 is 0 Å². The van der Waals surface area contributed by atoms with Crippen molar-refractivity contribution in [2.24, 2.45) is 0 Å². The largest absolute Gasteiger partial charge is 0.379 e. The summed E-state index contributed by atoms with van der Waals surface area (Å²) in [5.74, 6) is 0. The van der Waals surface area contributed by atoms with E-state index in [0.717, 1.165) is 89.8 Å². The van der Waals surface area contributed by atoms with E-state index in [2.05, 4.69) is 18.7 Å². The number of quaternary nitrogens is 1. The molecule has 0 aliphatic carbocycles. The number of hydrogen-bond acceptors (Lipinski definition) is 6. The van der Waals surface area contributed by atoms with Gasteiger partial charge in [-0.2, -0.15) is 0 Å². The summed E-state index contributed by atoms with van der Waals surface area (Å²) in [7, 11) is 0. The number of rotatable bonds is 14. The fourth-order valence-electron chi connectivity index (χ4n) is 3.69. The summed E-state index contributed by atoms with van der Waals surface area (Å²) in [5.41, 5.74) is 0. The van der Waals surface area contributed by atoms with Crippen LogP contribution in [0.2, 0.25) is 0 Å². The Bertz CT molecular complexity index is 366. The van der Waals surface area contributed by atoms with Crippen LogP contribution < -0.4 is 0 Å². The van der Waals surface area contributed by atoms with E-state index in [1.165, 1.54) is 0 Å². The molecule has 0 aromatic rings. The van der Waals surface area contributed by atoms with E-state index in [9.17, 15) is 0 Å². The van der Waals surface area contributed by atoms with Gasteiger partial charge in [-0.1, -0.05) is 6.92 Å². The number of hydrogen-bond donors (Lipinski definition) is 0. The molecule has 2 rings (SSSR count). The van der Waals surface area contributed by atoms with Crippen LogP contribution in [0.5, 0.6) is 0 Å². The average Bonchev–Trinajstić information content (AvgIpc) is 2.73. The standard InChI is InChI=1S/C20H41N2O5/c1-3-21-6-11-27-20(19-21)5-10-23-15-17-26-18-16-25-14-9-22(4-2)7-12-24-13-8-22/h20H,3-19H2,1-2H3/q+1. The van der Waals surface area contributed by atoms with Gasteiger partial charge in [-0.25, -0.2) is 0 Å². The lowest BCUT2D eigenvalue weighted by Crippen LogP contribution is -2.56. The van der Waals surface area contributed by atoms with Crippen LogP contribution in [0.1, 0.15) is 20.3 Å². The molecule has 2 fully saturated rings. The predicted molar refractivity (Wildman–Crippen MR) is 105 cm³/mol. The van der Waals surface area contributed by atoms with Crippen molar-refractivity contribution in [3.05, 3.63) is 0 Å². The van der Waals surface area contributed by atoms with E-state index in [1.54, 1.807) is 0 Å². The smallest absolute Gasteiger partial charge is 0.103 e. The first-order valence-corrected chi connectivity index (χ1v) is 10.8. The van der Waals surface area contributed by atoms with Crippen LogP contribution in [0.4, 0.5) is 0 Å². The summed E-state index contributed by atoms with van der Waals surface area (Å²) in [6, 6.07) is 0. The zero-order chi connectivity index (χ0) is 19.2. The lowest BCUT2D eigenvalue weighted by molar-refractivity contribution is -0.933. The number of ether oxygens (including phenoxy) is 5. The highest BCUT2D eigenvalue weighted by Gasteiger charge is 2.27. The van der Waals surface area contributed by atoms with Crippen molar-refractivity contribution in [2.75, 3.05) is 105 Å². The van der Waals surface area contributed by atoms with Crippen LogP contribution in [0.15, 0.2) is 0 Å². The first-order chi connectivity index (χ1) is 13.3. The third-order valence-electron chi connectivity index (χ3n) is 5.80. The van der Waals surface area contributed by atoms with Crippen molar-refractivity contribution in [3.8, 4) is 0 Å². The molecule has 2 saturated heterocycles. The molecule has 1 atom stereocenters. The second-order valence-electron chi connectivity index (χ2n) is 7.45. The zero-order valence-electron chi connectivity index (χ0n) is 17.5. The molecule has 160 valence electrons. The van der Waals surface area contributed by atoms with E-state index in [0.29, 0.717) is 32.5 Å². The summed E-state index contributed by atoms with van der Waals surface area (Å²) in [6.07, 6.45) is 1.27. The first kappa shape index (κ1) is 23.0. The van der Waals surface area contributed by atoms with Crippen molar-refractivity contribution in [3.63, 3.8) is 0 Å². The summed E-state index contributed by atoms with van der Waals surface area (Å²) in [5, 5.41) is 0. The summed E-state index contributed by atoms with van der Waals surface area (Å²) in [4.78, 5) is 2.43. The SMILES string of the molecule is CCN1CCOC(CCOCCOCCOCC[N+]2(CC)CCOCC2)C1. The molecule has 0 N–H and O–H groups in total. The number of nitrogens with zero attached hydrogens (tertiary/aromatic N) is 2. The van der Waals surface area contributed by atoms with Gasteiger partial charge in [0.2, 0.25) is 0 Å². The van der Waals surface area contributed by atoms with Gasteiger partial charge in [0.25, 0.3) is 0 Å². The first-order valence-electron chi connectivity index (χ1n) is 10.8. The lowest BCUT2D eigenvalue weighted by Gasteiger charge is -2.40. The van der Waals surface area contributed by atoms with E-state index in [-0.39, 0.29) is 0 Å². The Hall–Kier alpha value is -0.280. The minimum absolute atomic E-state index is 0.313. The highest BCUT2D eigenvalue weighted by atomic mass is 16.5. The van der Waals surface area contributed by atoms with Crippen molar-refractivity contribution in [2.45, 2.75) is 26.4 Å². The molecule has 0 aromatic heterocycles. The maximum Gasteiger partial charge on any atom is 0.103 e. The molecule has 2 aliphatic heterocycles. The van der Waals surface area contributed by atoms with E-state index in [1.807, 2.05) is 0 Å². The quantitative estimate of drug-likeness (QED) is 0.327. The molecule has 0 radical (unpaired) electrons. The van der Waals surface area contributed by atoms with Crippen molar-refractivity contribution < 1.29 is 28.2 Å². The molecule has 2 heterocycles. The van der Waals surface area contributed by atoms with Crippen molar-refractivity contribution in [1.82, 2.24) is 4.90 Å². The summed E-state index contributed by atoms with van der Waals surface area (Å²) < 4.78 is 29.4. The van der Waals surface area contributed by atoms with Gasteiger partial charge < -0.3 is 28.2 Å². The second kappa shape index (κ2) is 13.8. The van der Waals surface area contributed by atoms with Gasteiger partial charge in [-0.05, 0) is 19.9 Å². The Kier molecular flexibility index (Phi) is 11.8. The molecule has 0 amide bonds. The van der Waals surface area contributed by atoms with Gasteiger partial charge in [0.1, 0.15) is 19.6 Å². The predicted octanol–water partition coefficient (Wildman–Crippen LogP) is 1.01. The van der Waals surface area contributed by atoms with Gasteiger partial charge in [-0.3, -0.25) is 4.90 Å². The number of likely N-dealkylation sites (N-methyl/N-ethyl adjacent to an activating group) is 2. The Morgan fingerprint density at radius 2 is 1.56 bits per heavy atom. The Morgan fingerprint density at radius 1 is 0.889 bits per heavy atom. The van der Waals surface area contributed by atoms with Crippen LogP contribution in [-0.4, -0.2) is 121 Å². The maximum atomic E-state index is 5.77. The molecule has 1 unspecified atom stereocenters. The Labute approximate surface area is 165 Å². The zero-order valence-corrected chi connectivity index (χ0v) is 17.5. The van der Waals surface area contributed by atoms with E-state index in [4.69, 9.17) is 23.7 Å². The van der Waals surface area contributed by atoms with Crippen molar-refractivity contribution in [1.29, 1.82) is 0 Å².